The average molecular weight is 475 g/mol. The highest BCUT2D eigenvalue weighted by atomic mass is 19.4. The predicted octanol–water partition coefficient (Wildman–Crippen LogP) is 4.22. The quantitative estimate of drug-likeness (QED) is 0.537. The fourth-order valence-electron chi connectivity index (χ4n) is 2.67. The standard InChI is InChI=1S/C19H19F6N7O/c1-17(2,33)9-27-15-30-14(11-4-3-5-12(29-11)18(20,21)22)31-16(32-15)28-10-6-7-26-13(8-10)19(23,24)25/h3,5-8,11,33H,4,9H2,1-2H3,(H2,26,27,28,30,31,32). The SMILES string of the molecule is CC(C)(O)CNc1nc(Nc2ccnc(C(F)(F)F)c2)nc(C2CC=CC(C(F)(F)F)=N2)n1. The van der Waals surface area contributed by atoms with Gasteiger partial charge in [0, 0.05) is 18.4 Å². The molecule has 8 nitrogen and oxygen atoms in total. The summed E-state index contributed by atoms with van der Waals surface area (Å²) in [5, 5.41) is 15.2. The molecule has 178 valence electrons. The van der Waals surface area contributed by atoms with E-state index in [0.717, 1.165) is 18.3 Å². The Morgan fingerprint density at radius 3 is 2.36 bits per heavy atom. The number of dihydropyridines is 1. The number of aliphatic imine (C=N–C) groups is 1. The van der Waals surface area contributed by atoms with Crippen LogP contribution in [0.3, 0.4) is 0 Å². The number of anilines is 3. The molecule has 2 aromatic heterocycles. The summed E-state index contributed by atoms with van der Waals surface area (Å²) in [6.45, 7) is 2.98. The van der Waals surface area contributed by atoms with E-state index < -0.39 is 35.4 Å². The molecule has 0 radical (unpaired) electrons. The Hall–Kier alpha value is -3.29. The van der Waals surface area contributed by atoms with E-state index in [9.17, 15) is 31.4 Å². The van der Waals surface area contributed by atoms with Crippen molar-refractivity contribution in [2.75, 3.05) is 17.2 Å². The van der Waals surface area contributed by atoms with Gasteiger partial charge in [0.05, 0.1) is 5.60 Å². The number of aliphatic hydroxyl groups is 1. The van der Waals surface area contributed by atoms with Crippen LogP contribution in [0.4, 0.5) is 43.9 Å². The second-order valence-electron chi connectivity index (χ2n) is 7.73. The molecule has 3 heterocycles. The van der Waals surface area contributed by atoms with Crippen molar-refractivity contribution in [2.45, 2.75) is 44.3 Å². The van der Waals surface area contributed by atoms with Crippen molar-refractivity contribution in [2.24, 2.45) is 4.99 Å². The van der Waals surface area contributed by atoms with Gasteiger partial charge in [0.1, 0.15) is 17.4 Å². The molecule has 0 spiro atoms. The van der Waals surface area contributed by atoms with Crippen LogP contribution < -0.4 is 10.6 Å². The Morgan fingerprint density at radius 2 is 1.73 bits per heavy atom. The average Bonchev–Trinajstić information content (AvgIpc) is 2.71. The summed E-state index contributed by atoms with van der Waals surface area (Å²) in [6.07, 6.45) is -6.22. The van der Waals surface area contributed by atoms with Gasteiger partial charge >= 0.3 is 12.4 Å². The maximum Gasteiger partial charge on any atom is 0.433 e. The lowest BCUT2D eigenvalue weighted by atomic mass is 10.1. The van der Waals surface area contributed by atoms with E-state index >= 15 is 0 Å². The lowest BCUT2D eigenvalue weighted by molar-refractivity contribution is -0.141. The molecule has 1 unspecified atom stereocenters. The van der Waals surface area contributed by atoms with Crippen LogP contribution in [0.1, 0.15) is 37.8 Å². The monoisotopic (exact) mass is 475 g/mol. The van der Waals surface area contributed by atoms with Gasteiger partial charge in [0.2, 0.25) is 11.9 Å². The van der Waals surface area contributed by atoms with E-state index in [1.165, 1.54) is 26.0 Å². The molecule has 0 saturated carbocycles. The van der Waals surface area contributed by atoms with Crippen LogP contribution in [-0.2, 0) is 6.18 Å². The van der Waals surface area contributed by atoms with E-state index in [-0.39, 0.29) is 36.4 Å². The number of nitrogens with one attached hydrogen (secondary N) is 2. The topological polar surface area (TPSA) is 108 Å². The van der Waals surface area contributed by atoms with Gasteiger partial charge in [-0.3, -0.25) is 9.98 Å². The minimum Gasteiger partial charge on any atom is -0.389 e. The number of hydrogen-bond donors (Lipinski definition) is 3. The number of hydrogen-bond acceptors (Lipinski definition) is 8. The summed E-state index contributed by atoms with van der Waals surface area (Å²) < 4.78 is 78.1. The fraction of sp³-hybridized carbons (Fsp3) is 0.421. The molecular weight excluding hydrogens is 456 g/mol. The molecule has 0 aromatic carbocycles. The Kier molecular flexibility index (Phi) is 6.58. The van der Waals surface area contributed by atoms with Crippen molar-refractivity contribution < 1.29 is 31.4 Å². The number of pyridine rings is 1. The molecule has 3 rings (SSSR count). The van der Waals surface area contributed by atoms with Crippen molar-refractivity contribution in [3.05, 3.63) is 42.0 Å². The highest BCUT2D eigenvalue weighted by Crippen LogP contribution is 2.31. The van der Waals surface area contributed by atoms with E-state index in [2.05, 4.69) is 35.6 Å². The predicted molar refractivity (Wildman–Crippen MR) is 107 cm³/mol. The second kappa shape index (κ2) is 8.92. The molecule has 0 saturated heterocycles. The van der Waals surface area contributed by atoms with Gasteiger partial charge in [-0.15, -0.1) is 0 Å². The smallest absolute Gasteiger partial charge is 0.389 e. The summed E-state index contributed by atoms with van der Waals surface area (Å²) in [4.78, 5) is 19.1. The first-order chi connectivity index (χ1) is 15.2. The van der Waals surface area contributed by atoms with Crippen molar-refractivity contribution in [3.63, 3.8) is 0 Å². The van der Waals surface area contributed by atoms with Crippen molar-refractivity contribution in [1.29, 1.82) is 0 Å². The number of alkyl halides is 6. The minimum absolute atomic E-state index is 0.0228. The molecule has 1 atom stereocenters. The van der Waals surface area contributed by atoms with E-state index in [1.807, 2.05) is 0 Å². The molecule has 33 heavy (non-hydrogen) atoms. The Balaban J connectivity index is 1.97. The molecule has 2 aromatic rings. The molecule has 0 amide bonds. The van der Waals surface area contributed by atoms with Crippen LogP contribution in [0.25, 0.3) is 0 Å². The van der Waals surface area contributed by atoms with E-state index in [0.29, 0.717) is 0 Å². The summed E-state index contributed by atoms with van der Waals surface area (Å²) in [5.41, 5.74) is -3.49. The van der Waals surface area contributed by atoms with Gasteiger partial charge in [-0.2, -0.15) is 41.3 Å². The van der Waals surface area contributed by atoms with Gasteiger partial charge in [0.15, 0.2) is 5.82 Å². The van der Waals surface area contributed by atoms with Crippen LogP contribution in [0.5, 0.6) is 0 Å². The molecule has 14 heteroatoms. The maximum atomic E-state index is 13.1. The first-order valence-electron chi connectivity index (χ1n) is 9.55. The maximum absolute atomic E-state index is 13.1. The summed E-state index contributed by atoms with van der Waals surface area (Å²) in [7, 11) is 0. The number of allylic oxidation sites excluding steroid dienone is 1. The third-order valence-electron chi connectivity index (χ3n) is 4.16. The summed E-state index contributed by atoms with van der Waals surface area (Å²) in [5.74, 6) is -0.467. The van der Waals surface area contributed by atoms with Gasteiger partial charge < -0.3 is 15.7 Å². The van der Waals surface area contributed by atoms with E-state index in [1.54, 1.807) is 0 Å². The Bertz CT molecular complexity index is 1060. The van der Waals surface area contributed by atoms with Crippen LogP contribution in [-0.4, -0.2) is 49.1 Å². The van der Waals surface area contributed by atoms with Crippen molar-refractivity contribution in [3.8, 4) is 0 Å². The minimum atomic E-state index is -4.68. The first-order valence-corrected chi connectivity index (χ1v) is 9.55. The Morgan fingerprint density at radius 1 is 1.03 bits per heavy atom. The third kappa shape index (κ3) is 6.84. The van der Waals surface area contributed by atoms with Crippen molar-refractivity contribution in [1.82, 2.24) is 19.9 Å². The van der Waals surface area contributed by atoms with Gasteiger partial charge in [-0.05, 0) is 38.5 Å². The zero-order valence-corrected chi connectivity index (χ0v) is 17.3. The third-order valence-corrected chi connectivity index (χ3v) is 4.16. The summed E-state index contributed by atoms with van der Waals surface area (Å²) in [6, 6.07) is 0.878. The van der Waals surface area contributed by atoms with E-state index in [4.69, 9.17) is 0 Å². The second-order valence-corrected chi connectivity index (χ2v) is 7.73. The van der Waals surface area contributed by atoms with Gasteiger partial charge in [-0.1, -0.05) is 6.08 Å². The van der Waals surface area contributed by atoms with Crippen molar-refractivity contribution >= 4 is 23.3 Å². The van der Waals surface area contributed by atoms with Gasteiger partial charge in [0.25, 0.3) is 0 Å². The normalized spacial score (nSPS) is 17.0. The molecule has 0 aliphatic carbocycles. The highest BCUT2D eigenvalue weighted by Gasteiger charge is 2.36. The molecule has 3 N–H and O–H groups in total. The first kappa shape index (κ1) is 24.4. The van der Waals surface area contributed by atoms with Gasteiger partial charge in [-0.25, -0.2) is 0 Å². The molecule has 1 aliphatic rings. The van der Waals surface area contributed by atoms with Crippen LogP contribution >= 0.6 is 0 Å². The number of nitrogens with zero attached hydrogens (tertiary/aromatic N) is 5. The lowest BCUT2D eigenvalue weighted by Crippen LogP contribution is -2.30. The molecule has 0 fully saturated rings. The lowest BCUT2D eigenvalue weighted by Gasteiger charge is -2.20. The van der Waals surface area contributed by atoms with Crippen LogP contribution in [0.2, 0.25) is 0 Å². The number of halogens is 6. The molecular formula is C19H19F6N7O. The molecule has 0 bridgehead atoms. The number of aromatic nitrogens is 4. The number of rotatable bonds is 6. The zero-order valence-electron chi connectivity index (χ0n) is 17.3. The van der Waals surface area contributed by atoms with Crippen LogP contribution in [0, 0.1) is 0 Å². The molecule has 1 aliphatic heterocycles. The Labute approximate surface area is 183 Å². The highest BCUT2D eigenvalue weighted by molar-refractivity contribution is 6.00. The summed E-state index contributed by atoms with van der Waals surface area (Å²) >= 11 is 0. The largest absolute Gasteiger partial charge is 0.433 e. The zero-order chi connectivity index (χ0) is 24.4. The fourth-order valence-corrected chi connectivity index (χ4v) is 2.67. The van der Waals surface area contributed by atoms with Crippen LogP contribution in [0.15, 0.2) is 35.5 Å².